The Morgan fingerprint density at radius 3 is 2.59 bits per heavy atom. The molecule has 0 radical (unpaired) electrons. The number of anilines is 1. The summed E-state index contributed by atoms with van der Waals surface area (Å²) < 4.78 is 4.81. The maximum absolute atomic E-state index is 11.8. The van der Waals surface area contributed by atoms with Crippen molar-refractivity contribution in [1.29, 1.82) is 0 Å². The number of rotatable bonds is 4. The van der Waals surface area contributed by atoms with E-state index in [9.17, 15) is 9.59 Å². The van der Waals surface area contributed by atoms with Crippen LogP contribution in [0.4, 0.5) is 5.82 Å². The van der Waals surface area contributed by atoms with Crippen LogP contribution in [0, 0.1) is 0 Å². The molecule has 0 unspecified atom stereocenters. The average Bonchev–Trinajstić information content (AvgIpc) is 2.49. The van der Waals surface area contributed by atoms with E-state index in [1.165, 1.54) is 24.4 Å². The van der Waals surface area contributed by atoms with Gasteiger partial charge in [-0.25, -0.2) is 14.8 Å². The Bertz CT molecular complexity index is 707. The molecule has 1 amide bonds. The Hall–Kier alpha value is -1.89. The van der Waals surface area contributed by atoms with Gasteiger partial charge in [0, 0.05) is 6.20 Å². The smallest absolute Gasteiger partial charge is 0.359 e. The van der Waals surface area contributed by atoms with Crippen LogP contribution >= 0.6 is 34.8 Å². The summed E-state index contributed by atoms with van der Waals surface area (Å²) in [6.07, 6.45) is 1.37. The van der Waals surface area contributed by atoms with Gasteiger partial charge >= 0.3 is 5.97 Å². The minimum Gasteiger partial charge on any atom is -0.451 e. The van der Waals surface area contributed by atoms with E-state index < -0.39 is 18.5 Å². The fourth-order valence-corrected chi connectivity index (χ4v) is 1.83. The van der Waals surface area contributed by atoms with E-state index in [1.54, 1.807) is 6.07 Å². The van der Waals surface area contributed by atoms with Crippen molar-refractivity contribution in [2.45, 2.75) is 0 Å². The van der Waals surface area contributed by atoms with Crippen LogP contribution in [0.1, 0.15) is 10.5 Å². The summed E-state index contributed by atoms with van der Waals surface area (Å²) in [6, 6.07) is 5.91. The number of hydrogen-bond donors (Lipinski definition) is 1. The molecule has 6 nitrogen and oxygen atoms in total. The van der Waals surface area contributed by atoms with E-state index in [1.807, 2.05) is 0 Å². The third-order valence-electron chi connectivity index (χ3n) is 2.33. The number of carbonyl (C=O) groups is 2. The molecule has 0 saturated heterocycles. The van der Waals surface area contributed by atoms with E-state index in [-0.39, 0.29) is 21.7 Å². The Morgan fingerprint density at radius 1 is 1.14 bits per heavy atom. The fraction of sp³-hybridized carbons (Fsp3) is 0.0769. The zero-order valence-corrected chi connectivity index (χ0v) is 13.1. The first-order valence-corrected chi connectivity index (χ1v) is 6.99. The minimum absolute atomic E-state index is 0.0779. The summed E-state index contributed by atoms with van der Waals surface area (Å²) in [5.74, 6) is -1.14. The normalized spacial score (nSPS) is 10.1. The molecule has 0 saturated carbocycles. The predicted molar refractivity (Wildman–Crippen MR) is 82.4 cm³/mol. The number of carbonyl (C=O) groups excluding carboxylic acids is 2. The topological polar surface area (TPSA) is 81.2 Å². The molecule has 0 atom stereocenters. The van der Waals surface area contributed by atoms with Gasteiger partial charge in [0.05, 0.1) is 10.0 Å². The van der Waals surface area contributed by atoms with Gasteiger partial charge in [0.25, 0.3) is 5.91 Å². The molecule has 114 valence electrons. The Morgan fingerprint density at radius 2 is 1.91 bits per heavy atom. The highest BCUT2D eigenvalue weighted by Crippen LogP contribution is 2.17. The summed E-state index contributed by atoms with van der Waals surface area (Å²) >= 11 is 17.1. The van der Waals surface area contributed by atoms with Gasteiger partial charge in [0.1, 0.15) is 11.0 Å². The number of aromatic nitrogens is 2. The number of hydrogen-bond acceptors (Lipinski definition) is 5. The van der Waals surface area contributed by atoms with E-state index in [4.69, 9.17) is 39.5 Å². The van der Waals surface area contributed by atoms with Crippen molar-refractivity contribution in [2.75, 3.05) is 11.9 Å². The molecule has 1 N–H and O–H groups in total. The van der Waals surface area contributed by atoms with Crippen molar-refractivity contribution in [2.24, 2.45) is 0 Å². The van der Waals surface area contributed by atoms with Crippen molar-refractivity contribution >= 4 is 52.5 Å². The number of ether oxygens (including phenoxy) is 1. The summed E-state index contributed by atoms with van der Waals surface area (Å²) in [5.41, 5.74) is -0.161. The Labute approximate surface area is 140 Å². The largest absolute Gasteiger partial charge is 0.451 e. The van der Waals surface area contributed by atoms with Crippen LogP contribution in [0.15, 0.2) is 30.5 Å². The molecular formula is C13H8Cl3N3O3. The van der Waals surface area contributed by atoms with Crippen LogP contribution in [-0.4, -0.2) is 28.5 Å². The molecule has 0 spiro atoms. The van der Waals surface area contributed by atoms with E-state index in [0.29, 0.717) is 5.02 Å². The molecule has 0 aliphatic heterocycles. The number of nitrogens with zero attached hydrogens (tertiary/aromatic N) is 2. The van der Waals surface area contributed by atoms with Crippen LogP contribution in [0.3, 0.4) is 0 Å². The summed E-state index contributed by atoms with van der Waals surface area (Å²) in [7, 11) is 0. The maximum Gasteiger partial charge on any atom is 0.359 e. The van der Waals surface area contributed by atoms with Crippen molar-refractivity contribution < 1.29 is 14.3 Å². The summed E-state index contributed by atoms with van der Waals surface area (Å²) in [6.45, 7) is -0.520. The van der Waals surface area contributed by atoms with E-state index in [2.05, 4.69) is 15.3 Å². The monoisotopic (exact) mass is 359 g/mol. The van der Waals surface area contributed by atoms with Gasteiger partial charge < -0.3 is 10.1 Å². The van der Waals surface area contributed by atoms with Gasteiger partial charge in [-0.05, 0) is 24.3 Å². The zero-order chi connectivity index (χ0) is 16.1. The molecule has 9 heteroatoms. The third kappa shape index (κ3) is 4.56. The van der Waals surface area contributed by atoms with Crippen LogP contribution in [0.25, 0.3) is 0 Å². The lowest BCUT2D eigenvalue weighted by molar-refractivity contribution is -0.119. The minimum atomic E-state index is -0.855. The molecule has 0 aliphatic rings. The Kier molecular flexibility index (Phi) is 5.54. The van der Waals surface area contributed by atoms with Crippen molar-refractivity contribution in [3.63, 3.8) is 0 Å². The molecule has 0 fully saturated rings. The molecule has 0 aliphatic carbocycles. The molecule has 2 rings (SSSR count). The van der Waals surface area contributed by atoms with Crippen molar-refractivity contribution in [3.8, 4) is 0 Å². The number of amides is 1. The van der Waals surface area contributed by atoms with Gasteiger partial charge in [-0.15, -0.1) is 0 Å². The zero-order valence-electron chi connectivity index (χ0n) is 10.8. The number of esters is 1. The van der Waals surface area contributed by atoms with Crippen LogP contribution in [0.2, 0.25) is 15.2 Å². The molecule has 2 aromatic heterocycles. The lowest BCUT2D eigenvalue weighted by Gasteiger charge is -2.06. The van der Waals surface area contributed by atoms with Crippen molar-refractivity contribution in [1.82, 2.24) is 9.97 Å². The van der Waals surface area contributed by atoms with Crippen LogP contribution < -0.4 is 5.32 Å². The number of halogens is 3. The summed E-state index contributed by atoms with van der Waals surface area (Å²) in [5, 5.41) is 3.04. The highest BCUT2D eigenvalue weighted by atomic mass is 35.5. The highest BCUT2D eigenvalue weighted by Gasteiger charge is 2.16. The van der Waals surface area contributed by atoms with Crippen molar-refractivity contribution in [3.05, 3.63) is 51.4 Å². The lowest BCUT2D eigenvalue weighted by atomic mass is 10.3. The van der Waals surface area contributed by atoms with Crippen LogP contribution in [0.5, 0.6) is 0 Å². The number of nitrogens with one attached hydrogen (secondary N) is 1. The quantitative estimate of drug-likeness (QED) is 0.669. The molecule has 2 heterocycles. The predicted octanol–water partition coefficient (Wildman–Crippen LogP) is 3.23. The summed E-state index contributed by atoms with van der Waals surface area (Å²) in [4.78, 5) is 31.0. The highest BCUT2D eigenvalue weighted by molar-refractivity contribution is 6.34. The van der Waals surface area contributed by atoms with Gasteiger partial charge in [-0.1, -0.05) is 34.8 Å². The average molecular weight is 361 g/mol. The second-order valence-electron chi connectivity index (χ2n) is 3.95. The Balaban J connectivity index is 1.91. The molecule has 2 aromatic rings. The fourth-order valence-electron chi connectivity index (χ4n) is 1.39. The van der Waals surface area contributed by atoms with Gasteiger partial charge in [-0.2, -0.15) is 0 Å². The first-order valence-electron chi connectivity index (χ1n) is 5.86. The maximum atomic E-state index is 11.8. The lowest BCUT2D eigenvalue weighted by Crippen LogP contribution is -2.22. The van der Waals surface area contributed by atoms with Gasteiger partial charge in [0.2, 0.25) is 0 Å². The number of pyridine rings is 2. The SMILES string of the molecule is O=C(COC(=O)c1nc(Cl)ccc1Cl)Nc1ccc(Cl)cn1. The van der Waals surface area contributed by atoms with E-state index in [0.717, 1.165) is 0 Å². The molecule has 22 heavy (non-hydrogen) atoms. The van der Waals surface area contributed by atoms with Gasteiger partial charge in [0.15, 0.2) is 12.3 Å². The molecule has 0 aromatic carbocycles. The standard InChI is InChI=1S/C13H8Cl3N3O3/c14-7-1-4-10(17-5-7)19-11(20)6-22-13(21)12-8(15)2-3-9(16)18-12/h1-5H,6H2,(H,17,19,20). The van der Waals surface area contributed by atoms with Gasteiger partial charge in [-0.3, -0.25) is 4.79 Å². The first-order chi connectivity index (χ1) is 10.5. The second-order valence-corrected chi connectivity index (χ2v) is 5.18. The van der Waals surface area contributed by atoms with Crippen LogP contribution in [-0.2, 0) is 9.53 Å². The molecule has 0 bridgehead atoms. The molecular weight excluding hydrogens is 353 g/mol. The first kappa shape index (κ1) is 16.5. The second kappa shape index (κ2) is 7.40. The third-order valence-corrected chi connectivity index (χ3v) is 3.07. The van der Waals surface area contributed by atoms with E-state index >= 15 is 0 Å².